The van der Waals surface area contributed by atoms with Gasteiger partial charge in [-0.25, -0.2) is 0 Å². The van der Waals surface area contributed by atoms with Crippen LogP contribution in [0.4, 0.5) is 0 Å². The fourth-order valence-electron chi connectivity index (χ4n) is 2.22. The lowest BCUT2D eigenvalue weighted by molar-refractivity contribution is 0.0779. The topological polar surface area (TPSA) is 49.0 Å². The van der Waals surface area contributed by atoms with Crippen LogP contribution in [0.1, 0.15) is 21.6 Å². The summed E-state index contributed by atoms with van der Waals surface area (Å²) in [7, 11) is 1.79. The average molecular weight is 311 g/mol. The number of aromatic nitrogens is 2. The first-order valence-corrected chi connectivity index (χ1v) is 7.92. The van der Waals surface area contributed by atoms with Crippen LogP contribution in [0, 0.1) is 6.92 Å². The summed E-state index contributed by atoms with van der Waals surface area (Å²) < 4.78 is 0. The van der Waals surface area contributed by atoms with Gasteiger partial charge in [0.25, 0.3) is 5.91 Å². The lowest BCUT2D eigenvalue weighted by atomic mass is 10.1. The van der Waals surface area contributed by atoms with Gasteiger partial charge in [-0.3, -0.25) is 9.89 Å². The highest BCUT2D eigenvalue weighted by Crippen LogP contribution is 2.23. The molecule has 0 atom stereocenters. The molecule has 0 saturated carbocycles. The zero-order valence-electron chi connectivity index (χ0n) is 12.5. The van der Waals surface area contributed by atoms with E-state index in [1.54, 1.807) is 29.4 Å². The maximum absolute atomic E-state index is 12.4. The van der Waals surface area contributed by atoms with Crippen molar-refractivity contribution >= 4 is 17.2 Å². The van der Waals surface area contributed by atoms with Crippen LogP contribution >= 0.6 is 11.3 Å². The second-order valence-electron chi connectivity index (χ2n) is 5.29. The van der Waals surface area contributed by atoms with Crippen LogP contribution in [0.15, 0.2) is 47.8 Å². The first-order valence-electron chi connectivity index (χ1n) is 7.04. The summed E-state index contributed by atoms with van der Waals surface area (Å²) in [4.78, 5) is 15.2. The molecule has 0 aliphatic rings. The molecule has 0 radical (unpaired) electrons. The molecule has 22 heavy (non-hydrogen) atoms. The Kier molecular flexibility index (Phi) is 4.06. The number of carbonyl (C=O) groups is 1. The lowest BCUT2D eigenvalue weighted by Gasteiger charge is -2.15. The summed E-state index contributed by atoms with van der Waals surface area (Å²) in [6, 6.07) is 14.0. The van der Waals surface area contributed by atoms with Gasteiger partial charge >= 0.3 is 0 Å². The molecule has 3 rings (SSSR count). The zero-order chi connectivity index (χ0) is 15.5. The van der Waals surface area contributed by atoms with Gasteiger partial charge < -0.3 is 4.90 Å². The molecule has 2 aromatic heterocycles. The Morgan fingerprint density at radius 2 is 2.05 bits per heavy atom. The second-order valence-corrected chi connectivity index (χ2v) is 6.24. The highest BCUT2D eigenvalue weighted by Gasteiger charge is 2.16. The molecule has 0 fully saturated rings. The van der Waals surface area contributed by atoms with Crippen LogP contribution in [-0.4, -0.2) is 28.1 Å². The number of aromatic amines is 1. The van der Waals surface area contributed by atoms with Crippen molar-refractivity contribution in [2.24, 2.45) is 0 Å². The Labute approximate surface area is 133 Å². The summed E-state index contributed by atoms with van der Waals surface area (Å²) in [5.74, 6) is -0.0837. The van der Waals surface area contributed by atoms with Crippen molar-refractivity contribution in [1.29, 1.82) is 0 Å². The molecule has 5 heteroatoms. The SMILES string of the molecule is Cc1ccc(CN(C)C(=O)c2cc(-c3cccs3)[nH]n2)cc1. The molecule has 0 spiro atoms. The van der Waals surface area contributed by atoms with Crippen LogP contribution in [0.25, 0.3) is 10.6 Å². The Bertz CT molecular complexity index is 760. The highest BCUT2D eigenvalue weighted by molar-refractivity contribution is 7.13. The molecule has 1 N–H and O–H groups in total. The fraction of sp³-hybridized carbons (Fsp3) is 0.176. The van der Waals surface area contributed by atoms with Crippen LogP contribution in [0.2, 0.25) is 0 Å². The predicted octanol–water partition coefficient (Wildman–Crippen LogP) is 3.72. The van der Waals surface area contributed by atoms with Gasteiger partial charge in [0.2, 0.25) is 0 Å². The van der Waals surface area contributed by atoms with Crippen molar-refractivity contribution in [3.8, 4) is 10.6 Å². The number of thiophene rings is 1. The normalized spacial score (nSPS) is 10.6. The molecule has 1 amide bonds. The van der Waals surface area contributed by atoms with Crippen LogP contribution in [-0.2, 0) is 6.54 Å². The van der Waals surface area contributed by atoms with Crippen molar-refractivity contribution in [3.05, 3.63) is 64.7 Å². The van der Waals surface area contributed by atoms with Crippen LogP contribution < -0.4 is 0 Å². The van der Waals surface area contributed by atoms with Gasteiger partial charge in [-0.1, -0.05) is 35.9 Å². The molecule has 0 aliphatic carbocycles. The largest absolute Gasteiger partial charge is 0.336 e. The van der Waals surface area contributed by atoms with Gasteiger partial charge in [0.1, 0.15) is 0 Å². The summed E-state index contributed by atoms with van der Waals surface area (Å²) in [6.45, 7) is 2.62. The third-order valence-electron chi connectivity index (χ3n) is 3.47. The summed E-state index contributed by atoms with van der Waals surface area (Å²) in [5.41, 5.74) is 3.64. The average Bonchev–Trinajstić information content (AvgIpc) is 3.19. The number of rotatable bonds is 4. The summed E-state index contributed by atoms with van der Waals surface area (Å²) in [5, 5.41) is 9.07. The first kappa shape index (κ1) is 14.5. The molecule has 2 heterocycles. The molecule has 4 nitrogen and oxygen atoms in total. The van der Waals surface area contributed by atoms with E-state index in [-0.39, 0.29) is 5.91 Å². The molecule has 3 aromatic rings. The van der Waals surface area contributed by atoms with Crippen molar-refractivity contribution in [2.75, 3.05) is 7.05 Å². The Balaban J connectivity index is 1.72. The zero-order valence-corrected chi connectivity index (χ0v) is 13.4. The third kappa shape index (κ3) is 3.09. The van der Waals surface area contributed by atoms with Crippen molar-refractivity contribution in [1.82, 2.24) is 15.1 Å². The van der Waals surface area contributed by atoms with E-state index in [0.717, 1.165) is 16.1 Å². The third-order valence-corrected chi connectivity index (χ3v) is 4.37. The van der Waals surface area contributed by atoms with E-state index in [4.69, 9.17) is 0 Å². The minimum absolute atomic E-state index is 0.0837. The van der Waals surface area contributed by atoms with E-state index in [0.29, 0.717) is 12.2 Å². The number of H-pyrrole nitrogens is 1. The quantitative estimate of drug-likeness (QED) is 0.798. The van der Waals surface area contributed by atoms with Gasteiger partial charge in [-0.05, 0) is 30.0 Å². The monoisotopic (exact) mass is 311 g/mol. The lowest BCUT2D eigenvalue weighted by Crippen LogP contribution is -2.26. The van der Waals surface area contributed by atoms with Crippen molar-refractivity contribution in [3.63, 3.8) is 0 Å². The number of amides is 1. The maximum Gasteiger partial charge on any atom is 0.274 e. The van der Waals surface area contributed by atoms with Gasteiger partial charge in [-0.2, -0.15) is 5.10 Å². The number of benzene rings is 1. The van der Waals surface area contributed by atoms with Crippen molar-refractivity contribution < 1.29 is 4.79 Å². The number of nitrogens with one attached hydrogen (secondary N) is 1. The number of nitrogens with zero attached hydrogens (tertiary/aromatic N) is 2. The molecular weight excluding hydrogens is 294 g/mol. The van der Waals surface area contributed by atoms with Crippen LogP contribution in [0.5, 0.6) is 0 Å². The number of hydrogen-bond donors (Lipinski definition) is 1. The number of aryl methyl sites for hydroxylation is 1. The molecule has 0 aliphatic heterocycles. The highest BCUT2D eigenvalue weighted by atomic mass is 32.1. The summed E-state index contributed by atoms with van der Waals surface area (Å²) in [6.07, 6.45) is 0. The minimum Gasteiger partial charge on any atom is -0.336 e. The van der Waals surface area contributed by atoms with Gasteiger partial charge in [0.05, 0.1) is 10.6 Å². The van der Waals surface area contributed by atoms with Crippen molar-refractivity contribution in [2.45, 2.75) is 13.5 Å². The van der Waals surface area contributed by atoms with E-state index in [9.17, 15) is 4.79 Å². The maximum atomic E-state index is 12.4. The molecule has 0 bridgehead atoms. The molecule has 0 saturated heterocycles. The molecule has 0 unspecified atom stereocenters. The Morgan fingerprint density at radius 1 is 1.27 bits per heavy atom. The van der Waals surface area contributed by atoms with Crippen LogP contribution in [0.3, 0.4) is 0 Å². The number of hydrogen-bond acceptors (Lipinski definition) is 3. The minimum atomic E-state index is -0.0837. The number of carbonyl (C=O) groups excluding carboxylic acids is 1. The van der Waals surface area contributed by atoms with Gasteiger partial charge in [0, 0.05) is 13.6 Å². The Morgan fingerprint density at radius 3 is 2.73 bits per heavy atom. The fourth-order valence-corrected chi connectivity index (χ4v) is 2.92. The van der Waals surface area contributed by atoms with E-state index < -0.39 is 0 Å². The van der Waals surface area contributed by atoms with Gasteiger partial charge in [0.15, 0.2) is 5.69 Å². The predicted molar refractivity (Wildman–Crippen MR) is 88.9 cm³/mol. The van der Waals surface area contributed by atoms with E-state index in [1.165, 1.54) is 5.56 Å². The standard InChI is InChI=1S/C17H17N3OS/c1-12-5-7-13(8-6-12)11-20(2)17(21)15-10-14(18-19-15)16-4-3-9-22-16/h3-10H,11H2,1-2H3,(H,18,19). The Hall–Kier alpha value is -2.40. The summed E-state index contributed by atoms with van der Waals surface area (Å²) >= 11 is 1.62. The van der Waals surface area contributed by atoms with E-state index in [1.807, 2.05) is 29.6 Å². The second kappa shape index (κ2) is 6.15. The van der Waals surface area contributed by atoms with E-state index >= 15 is 0 Å². The molecular formula is C17H17N3OS. The first-order chi connectivity index (χ1) is 10.6. The molecule has 1 aromatic carbocycles. The van der Waals surface area contributed by atoms with Gasteiger partial charge in [-0.15, -0.1) is 11.3 Å². The van der Waals surface area contributed by atoms with E-state index in [2.05, 4.69) is 29.3 Å². The molecule has 112 valence electrons. The smallest absolute Gasteiger partial charge is 0.274 e.